The van der Waals surface area contributed by atoms with E-state index in [0.29, 0.717) is 16.8 Å². The number of hydrogen-bond donors (Lipinski definition) is 1. The second-order valence-electron chi connectivity index (χ2n) is 8.49. The molecule has 3 aromatic rings. The molecule has 0 saturated heterocycles. The molecule has 34 heavy (non-hydrogen) atoms. The second kappa shape index (κ2) is 8.08. The molecule has 170 valence electrons. The summed E-state index contributed by atoms with van der Waals surface area (Å²) in [5.41, 5.74) is 10.9. The maximum atomic E-state index is 14.3. The fourth-order valence-corrected chi connectivity index (χ4v) is 6.51. The molecule has 0 aromatic heterocycles. The van der Waals surface area contributed by atoms with Gasteiger partial charge < -0.3 is 10.5 Å². The maximum absolute atomic E-state index is 14.3. The number of anilines is 1. The average Bonchev–Trinajstić information content (AvgIpc) is 2.82. The van der Waals surface area contributed by atoms with E-state index in [-0.39, 0.29) is 28.7 Å². The number of sulfonamides is 1. The van der Waals surface area contributed by atoms with Crippen LogP contribution >= 0.6 is 0 Å². The number of rotatable bonds is 3. The van der Waals surface area contributed by atoms with Crippen LogP contribution in [0.1, 0.15) is 33.7 Å². The van der Waals surface area contributed by atoms with Gasteiger partial charge in [-0.3, -0.25) is 4.31 Å². The van der Waals surface area contributed by atoms with Gasteiger partial charge in [0.2, 0.25) is 5.88 Å². The van der Waals surface area contributed by atoms with Crippen molar-refractivity contribution in [2.24, 2.45) is 5.73 Å². The lowest BCUT2D eigenvalue weighted by Crippen LogP contribution is -2.39. The summed E-state index contributed by atoms with van der Waals surface area (Å²) in [5.74, 6) is -0.767. The van der Waals surface area contributed by atoms with E-state index in [4.69, 9.17) is 10.5 Å². The summed E-state index contributed by atoms with van der Waals surface area (Å²) in [6.45, 7) is 4.04. The summed E-state index contributed by atoms with van der Waals surface area (Å²) in [5, 5.41) is 9.96. The number of para-hydroxylation sites is 1. The predicted octanol–water partition coefficient (Wildman–Crippen LogP) is 4.83. The lowest BCUT2D eigenvalue weighted by molar-refractivity contribution is 0.357. The van der Waals surface area contributed by atoms with Gasteiger partial charge in [-0.05, 0) is 42.7 Å². The van der Waals surface area contributed by atoms with Gasteiger partial charge in [0.1, 0.15) is 16.5 Å². The normalized spacial score (nSPS) is 18.6. The van der Waals surface area contributed by atoms with Gasteiger partial charge in [-0.25, -0.2) is 8.42 Å². The van der Waals surface area contributed by atoms with E-state index in [9.17, 15) is 13.7 Å². The molecule has 0 fully saturated rings. The van der Waals surface area contributed by atoms with Gasteiger partial charge in [0, 0.05) is 5.56 Å². The number of nitrogens with zero attached hydrogens (tertiary/aromatic N) is 2. The van der Waals surface area contributed by atoms with Gasteiger partial charge in [-0.1, -0.05) is 66.2 Å². The van der Waals surface area contributed by atoms with Crippen LogP contribution in [-0.4, -0.2) is 8.42 Å². The topological polar surface area (TPSA) is 96.4 Å². The highest BCUT2D eigenvalue weighted by Gasteiger charge is 2.47. The van der Waals surface area contributed by atoms with Crippen molar-refractivity contribution in [2.75, 3.05) is 4.31 Å². The van der Waals surface area contributed by atoms with Crippen LogP contribution in [0.25, 0.3) is 5.76 Å². The van der Waals surface area contributed by atoms with Crippen molar-refractivity contribution < 1.29 is 13.2 Å². The van der Waals surface area contributed by atoms with Gasteiger partial charge >= 0.3 is 0 Å². The smallest absolute Gasteiger partial charge is 0.265 e. The van der Waals surface area contributed by atoms with Crippen LogP contribution in [0.3, 0.4) is 0 Å². The van der Waals surface area contributed by atoms with Crippen LogP contribution in [0.15, 0.2) is 89.2 Å². The average molecular weight is 470 g/mol. The first-order valence-electron chi connectivity index (χ1n) is 10.9. The second-order valence-corrected chi connectivity index (χ2v) is 10.3. The number of nitrogens with two attached hydrogens (primary N) is 1. The van der Waals surface area contributed by atoms with Gasteiger partial charge in [0.05, 0.1) is 18.2 Å². The molecule has 7 heteroatoms. The maximum Gasteiger partial charge on any atom is 0.265 e. The summed E-state index contributed by atoms with van der Waals surface area (Å²) in [6.07, 6.45) is 0. The first-order valence-corrected chi connectivity index (χ1v) is 12.3. The highest BCUT2D eigenvalue weighted by molar-refractivity contribution is 7.96. The van der Waals surface area contributed by atoms with Crippen molar-refractivity contribution in [2.45, 2.75) is 26.3 Å². The Morgan fingerprint density at radius 2 is 1.76 bits per heavy atom. The minimum atomic E-state index is -4.08. The van der Waals surface area contributed by atoms with E-state index >= 15 is 0 Å². The third kappa shape index (κ3) is 3.35. The highest BCUT2D eigenvalue weighted by Crippen LogP contribution is 2.51. The van der Waals surface area contributed by atoms with E-state index in [1.807, 2.05) is 74.5 Å². The summed E-state index contributed by atoms with van der Waals surface area (Å²) in [7, 11) is -4.08. The zero-order chi connectivity index (χ0) is 24.0. The molecule has 1 atom stereocenters. The third-order valence-electron chi connectivity index (χ3n) is 6.31. The molecule has 5 rings (SSSR count). The zero-order valence-electron chi connectivity index (χ0n) is 18.8. The lowest BCUT2D eigenvalue weighted by atomic mass is 9.87. The lowest BCUT2D eigenvalue weighted by Gasteiger charge is -2.38. The molecule has 2 heterocycles. The summed E-state index contributed by atoms with van der Waals surface area (Å²) in [4.78, 5) is 0.0381. The SMILES string of the molecule is Cc1cccc(C2C(C#N)=C(N)OC3=C2S(=O)(=O)N(Cc2ccccc2C)c2ccccc23)c1. The molecule has 6 nitrogen and oxygen atoms in total. The molecule has 0 spiro atoms. The number of ether oxygens (including phenoxy) is 1. The monoisotopic (exact) mass is 469 g/mol. The molecule has 0 aliphatic carbocycles. The predicted molar refractivity (Wildman–Crippen MR) is 131 cm³/mol. The Morgan fingerprint density at radius 3 is 2.50 bits per heavy atom. The van der Waals surface area contributed by atoms with Crippen molar-refractivity contribution in [3.05, 3.63) is 117 Å². The molecule has 3 aromatic carbocycles. The fourth-order valence-electron chi connectivity index (χ4n) is 4.60. The molecule has 1 unspecified atom stereocenters. The number of benzene rings is 3. The quantitative estimate of drug-likeness (QED) is 0.593. The number of allylic oxidation sites excluding steroid dienone is 2. The van der Waals surface area contributed by atoms with E-state index in [2.05, 4.69) is 6.07 Å². The number of hydrogen-bond acceptors (Lipinski definition) is 5. The highest BCUT2D eigenvalue weighted by atomic mass is 32.2. The van der Waals surface area contributed by atoms with Gasteiger partial charge in [-0.2, -0.15) is 5.26 Å². The first-order chi connectivity index (χ1) is 16.3. The Kier molecular flexibility index (Phi) is 5.18. The van der Waals surface area contributed by atoms with E-state index in [1.165, 1.54) is 4.31 Å². The van der Waals surface area contributed by atoms with Crippen LogP contribution in [0.5, 0.6) is 0 Å². The first kappa shape index (κ1) is 21.8. The van der Waals surface area contributed by atoms with E-state index in [0.717, 1.165) is 16.7 Å². The third-order valence-corrected chi connectivity index (χ3v) is 8.19. The van der Waals surface area contributed by atoms with Crippen LogP contribution in [0.2, 0.25) is 0 Å². The zero-order valence-corrected chi connectivity index (χ0v) is 19.6. The van der Waals surface area contributed by atoms with Crippen LogP contribution < -0.4 is 10.0 Å². The van der Waals surface area contributed by atoms with Gasteiger partial charge in [-0.15, -0.1) is 0 Å². The Morgan fingerprint density at radius 1 is 1.03 bits per heavy atom. The fraction of sp³-hybridized carbons (Fsp3) is 0.148. The number of nitriles is 1. The van der Waals surface area contributed by atoms with Gasteiger partial charge in [0.25, 0.3) is 10.0 Å². The summed E-state index contributed by atoms with van der Waals surface area (Å²) in [6, 6.07) is 24.5. The van der Waals surface area contributed by atoms with E-state index in [1.54, 1.807) is 12.1 Å². The van der Waals surface area contributed by atoms with Crippen molar-refractivity contribution in [3.63, 3.8) is 0 Å². The van der Waals surface area contributed by atoms with Crippen LogP contribution in [0.4, 0.5) is 5.69 Å². The van der Waals surface area contributed by atoms with Crippen molar-refractivity contribution >= 4 is 21.5 Å². The minimum absolute atomic E-state index is 0.0381. The molecule has 0 radical (unpaired) electrons. The molecule has 0 bridgehead atoms. The molecular weight excluding hydrogens is 446 g/mol. The molecule has 0 amide bonds. The van der Waals surface area contributed by atoms with Gasteiger partial charge in [0.15, 0.2) is 5.76 Å². The molecule has 2 aliphatic heterocycles. The molecule has 2 aliphatic rings. The van der Waals surface area contributed by atoms with Crippen LogP contribution in [0, 0.1) is 25.2 Å². The molecule has 2 N–H and O–H groups in total. The van der Waals surface area contributed by atoms with Crippen molar-refractivity contribution in [3.8, 4) is 6.07 Å². The van der Waals surface area contributed by atoms with Crippen molar-refractivity contribution in [1.82, 2.24) is 0 Å². The number of aryl methyl sites for hydroxylation is 2. The summed E-state index contributed by atoms with van der Waals surface area (Å²) >= 11 is 0. The Labute approximate surface area is 199 Å². The largest absolute Gasteiger partial charge is 0.439 e. The van der Waals surface area contributed by atoms with E-state index < -0.39 is 15.9 Å². The summed E-state index contributed by atoms with van der Waals surface area (Å²) < 4.78 is 35.8. The number of fused-ring (bicyclic) bond motifs is 2. The molecular formula is C27H23N3O3S. The van der Waals surface area contributed by atoms with Crippen LogP contribution in [-0.2, 0) is 21.3 Å². The Balaban J connectivity index is 1.78. The van der Waals surface area contributed by atoms with Crippen molar-refractivity contribution in [1.29, 1.82) is 5.26 Å². The molecule has 0 saturated carbocycles. The Hall–Kier alpha value is -4.02. The Bertz CT molecular complexity index is 1530. The standard InChI is InChI=1S/C27H23N3O3S/c1-17-8-7-11-19(14-17)24-22(15-28)27(29)33-25-21-12-5-6-13-23(21)30(34(31,32)26(24)25)16-20-10-4-3-9-18(20)2/h3-14,24H,16,29H2,1-2H3. The minimum Gasteiger partial charge on any atom is -0.439 e.